The predicted molar refractivity (Wildman–Crippen MR) is 75.0 cm³/mol. The summed E-state index contributed by atoms with van der Waals surface area (Å²) < 4.78 is 12.2. The largest absolute Gasteiger partial charge is 0.454 e. The Morgan fingerprint density at radius 2 is 2.05 bits per heavy atom. The van der Waals surface area contributed by atoms with Crippen LogP contribution in [-0.2, 0) is 6.54 Å². The molecule has 5 nitrogen and oxygen atoms in total. The third-order valence-electron chi connectivity index (χ3n) is 3.26. The van der Waals surface area contributed by atoms with Gasteiger partial charge in [0.05, 0.1) is 5.69 Å². The summed E-state index contributed by atoms with van der Waals surface area (Å²) in [4.78, 5) is 11.8. The minimum Gasteiger partial charge on any atom is -0.454 e. The normalized spacial score (nSPS) is 12.7. The smallest absolute Gasteiger partial charge is 0.266 e. The van der Waals surface area contributed by atoms with Crippen LogP contribution in [0.4, 0.5) is 0 Å². The van der Waals surface area contributed by atoms with Gasteiger partial charge in [-0.15, -0.1) is 0 Å². The van der Waals surface area contributed by atoms with E-state index in [9.17, 15) is 4.79 Å². The van der Waals surface area contributed by atoms with Gasteiger partial charge in [-0.1, -0.05) is 13.3 Å². The Morgan fingerprint density at radius 1 is 1.20 bits per heavy atom. The second-order valence-corrected chi connectivity index (χ2v) is 4.70. The molecule has 0 spiro atoms. The van der Waals surface area contributed by atoms with Crippen molar-refractivity contribution in [3.63, 3.8) is 0 Å². The summed E-state index contributed by atoms with van der Waals surface area (Å²) in [6, 6.07) is 8.97. The first kappa shape index (κ1) is 12.7. The highest BCUT2D eigenvalue weighted by Gasteiger charge is 2.14. The van der Waals surface area contributed by atoms with Gasteiger partial charge >= 0.3 is 0 Å². The average Bonchev–Trinajstić information content (AvgIpc) is 2.94. The molecule has 5 heteroatoms. The first-order chi connectivity index (χ1) is 9.78. The second kappa shape index (κ2) is 5.36. The van der Waals surface area contributed by atoms with Crippen molar-refractivity contribution in [1.82, 2.24) is 9.78 Å². The average molecular weight is 272 g/mol. The van der Waals surface area contributed by atoms with E-state index in [2.05, 4.69) is 12.0 Å². The first-order valence-corrected chi connectivity index (χ1v) is 6.76. The zero-order valence-electron chi connectivity index (χ0n) is 11.3. The van der Waals surface area contributed by atoms with E-state index in [4.69, 9.17) is 9.47 Å². The van der Waals surface area contributed by atoms with E-state index in [1.54, 1.807) is 12.1 Å². The van der Waals surface area contributed by atoms with Crippen LogP contribution in [0.3, 0.4) is 0 Å². The van der Waals surface area contributed by atoms with Crippen molar-refractivity contribution in [2.75, 3.05) is 6.79 Å². The molecule has 2 aromatic rings. The summed E-state index contributed by atoms with van der Waals surface area (Å²) in [5.74, 6) is 1.46. The fraction of sp³-hybridized carbons (Fsp3) is 0.333. The SMILES string of the molecule is CCCCn1nc(-c2ccc3c(c2)OCO3)ccc1=O. The number of aryl methyl sites for hydroxylation is 1. The van der Waals surface area contributed by atoms with Gasteiger partial charge in [0.2, 0.25) is 6.79 Å². The number of rotatable bonds is 4. The van der Waals surface area contributed by atoms with Gasteiger partial charge in [0.1, 0.15) is 0 Å². The molecule has 104 valence electrons. The Morgan fingerprint density at radius 3 is 2.90 bits per heavy atom. The molecule has 1 aliphatic rings. The Balaban J connectivity index is 1.95. The number of fused-ring (bicyclic) bond motifs is 1. The monoisotopic (exact) mass is 272 g/mol. The molecular formula is C15H16N2O3. The van der Waals surface area contributed by atoms with E-state index in [1.165, 1.54) is 4.68 Å². The third-order valence-corrected chi connectivity index (χ3v) is 3.26. The maximum Gasteiger partial charge on any atom is 0.266 e. The summed E-state index contributed by atoms with van der Waals surface area (Å²) in [7, 11) is 0. The molecule has 0 bridgehead atoms. The van der Waals surface area contributed by atoms with E-state index < -0.39 is 0 Å². The van der Waals surface area contributed by atoms with E-state index >= 15 is 0 Å². The highest BCUT2D eigenvalue weighted by Crippen LogP contribution is 2.35. The van der Waals surface area contributed by atoms with Gasteiger partial charge in [0.25, 0.3) is 5.56 Å². The quantitative estimate of drug-likeness (QED) is 0.857. The Hall–Kier alpha value is -2.30. The fourth-order valence-corrected chi connectivity index (χ4v) is 2.13. The van der Waals surface area contributed by atoms with Gasteiger partial charge in [0.15, 0.2) is 11.5 Å². The van der Waals surface area contributed by atoms with Gasteiger partial charge in [0, 0.05) is 18.2 Å². The van der Waals surface area contributed by atoms with Crippen LogP contribution in [0, 0.1) is 0 Å². The minimum atomic E-state index is -0.0667. The molecule has 0 amide bonds. The summed E-state index contributed by atoms with van der Waals surface area (Å²) in [5.41, 5.74) is 1.61. The summed E-state index contributed by atoms with van der Waals surface area (Å²) in [6.07, 6.45) is 1.97. The van der Waals surface area contributed by atoms with Crippen LogP contribution < -0.4 is 15.0 Å². The van der Waals surface area contributed by atoms with Gasteiger partial charge < -0.3 is 9.47 Å². The zero-order valence-corrected chi connectivity index (χ0v) is 11.3. The topological polar surface area (TPSA) is 53.4 Å². The summed E-state index contributed by atoms with van der Waals surface area (Å²) in [6.45, 7) is 2.99. The lowest BCUT2D eigenvalue weighted by Gasteiger charge is -2.07. The van der Waals surface area contributed by atoms with E-state index in [0.29, 0.717) is 6.54 Å². The molecule has 1 aliphatic heterocycles. The molecule has 0 atom stereocenters. The summed E-state index contributed by atoms with van der Waals surface area (Å²) in [5, 5.41) is 4.41. The lowest BCUT2D eigenvalue weighted by molar-refractivity contribution is 0.174. The van der Waals surface area contributed by atoms with Gasteiger partial charge in [-0.25, -0.2) is 4.68 Å². The molecule has 0 fully saturated rings. The molecule has 1 aromatic heterocycles. The molecular weight excluding hydrogens is 256 g/mol. The summed E-state index contributed by atoms with van der Waals surface area (Å²) >= 11 is 0. The van der Waals surface area contributed by atoms with Crippen molar-refractivity contribution >= 4 is 0 Å². The van der Waals surface area contributed by atoms with Crippen LogP contribution >= 0.6 is 0 Å². The van der Waals surface area contributed by atoms with Crippen LogP contribution in [0.2, 0.25) is 0 Å². The van der Waals surface area contributed by atoms with Gasteiger partial charge in [-0.05, 0) is 30.7 Å². The zero-order chi connectivity index (χ0) is 13.9. The lowest BCUT2D eigenvalue weighted by Crippen LogP contribution is -2.22. The highest BCUT2D eigenvalue weighted by atomic mass is 16.7. The number of hydrogen-bond donors (Lipinski definition) is 0. The van der Waals surface area contributed by atoms with Crippen LogP contribution in [-0.4, -0.2) is 16.6 Å². The van der Waals surface area contributed by atoms with Crippen molar-refractivity contribution in [3.05, 3.63) is 40.7 Å². The maximum atomic E-state index is 11.8. The molecule has 0 saturated carbocycles. The number of ether oxygens (including phenoxy) is 2. The number of benzene rings is 1. The van der Waals surface area contributed by atoms with Crippen LogP contribution in [0.25, 0.3) is 11.3 Å². The molecule has 0 radical (unpaired) electrons. The van der Waals surface area contributed by atoms with Crippen molar-refractivity contribution < 1.29 is 9.47 Å². The first-order valence-electron chi connectivity index (χ1n) is 6.76. The Kier molecular flexibility index (Phi) is 3.41. The maximum absolute atomic E-state index is 11.8. The Bertz CT molecular complexity index is 679. The van der Waals surface area contributed by atoms with Gasteiger partial charge in [-0.2, -0.15) is 5.10 Å². The molecule has 0 saturated heterocycles. The second-order valence-electron chi connectivity index (χ2n) is 4.70. The molecule has 3 rings (SSSR count). The third kappa shape index (κ3) is 2.39. The van der Waals surface area contributed by atoms with Gasteiger partial charge in [-0.3, -0.25) is 4.79 Å². The van der Waals surface area contributed by atoms with Crippen molar-refractivity contribution in [3.8, 4) is 22.8 Å². The van der Waals surface area contributed by atoms with Crippen LogP contribution in [0.1, 0.15) is 19.8 Å². The van der Waals surface area contributed by atoms with Crippen molar-refractivity contribution in [1.29, 1.82) is 0 Å². The number of nitrogens with zero attached hydrogens (tertiary/aromatic N) is 2. The molecule has 0 unspecified atom stereocenters. The fourth-order valence-electron chi connectivity index (χ4n) is 2.13. The van der Waals surface area contributed by atoms with Crippen LogP contribution in [0.5, 0.6) is 11.5 Å². The van der Waals surface area contributed by atoms with E-state index in [1.807, 2.05) is 18.2 Å². The molecule has 0 N–H and O–H groups in total. The van der Waals surface area contributed by atoms with E-state index in [0.717, 1.165) is 35.6 Å². The Labute approximate surface area is 116 Å². The van der Waals surface area contributed by atoms with Crippen molar-refractivity contribution in [2.24, 2.45) is 0 Å². The highest BCUT2D eigenvalue weighted by molar-refractivity contribution is 5.63. The molecule has 1 aromatic carbocycles. The van der Waals surface area contributed by atoms with E-state index in [-0.39, 0.29) is 12.4 Å². The number of hydrogen-bond acceptors (Lipinski definition) is 4. The predicted octanol–water partition coefficient (Wildman–Crippen LogP) is 2.44. The minimum absolute atomic E-state index is 0.0667. The van der Waals surface area contributed by atoms with Crippen LogP contribution in [0.15, 0.2) is 35.1 Å². The molecule has 20 heavy (non-hydrogen) atoms. The number of unbranched alkanes of at least 4 members (excludes halogenated alkanes) is 1. The standard InChI is InChI=1S/C15H16N2O3/c1-2-3-8-17-15(18)7-5-12(16-17)11-4-6-13-14(9-11)20-10-19-13/h4-7,9H,2-3,8,10H2,1H3. The molecule has 0 aliphatic carbocycles. The lowest BCUT2D eigenvalue weighted by atomic mass is 10.1. The number of aromatic nitrogens is 2. The van der Waals surface area contributed by atoms with Crippen molar-refractivity contribution in [2.45, 2.75) is 26.3 Å². The molecule has 2 heterocycles.